The van der Waals surface area contributed by atoms with Crippen molar-refractivity contribution in [3.05, 3.63) is 150 Å². The van der Waals surface area contributed by atoms with E-state index in [0.29, 0.717) is 13.2 Å². The minimum Gasteiger partial charge on any atom is -0.493 e. The van der Waals surface area contributed by atoms with Gasteiger partial charge >= 0.3 is 0 Å². The molecule has 2 fully saturated rings. The van der Waals surface area contributed by atoms with Crippen LogP contribution < -0.4 is 4.72 Å². The fourth-order valence-corrected chi connectivity index (χ4v) is 9.07. The van der Waals surface area contributed by atoms with Crippen molar-refractivity contribution < 1.29 is 51.0 Å². The third kappa shape index (κ3) is 12.2. The number of hydrogen-bond acceptors (Lipinski definition) is 11. The van der Waals surface area contributed by atoms with Crippen LogP contribution in [0, 0.1) is 0 Å². The Balaban J connectivity index is 1.20. The van der Waals surface area contributed by atoms with Crippen LogP contribution >= 0.6 is 0 Å². The standard InChI is InChI=1S/C45H55NO11SSi/c1-59(2,3)27-26-49-32-54-37-24-25-51-38(30-50-28-33-16-8-4-9-17-33)41(37)56-45-40(46-58(47,48)36-22-14-7-15-23-36)43(52-29-34-18-10-5-11-19-34)42-39(55-45)31-53-44(57-42)35-20-12-6-13-21-35/h4-25,37-46H,26-32H2,1-3H3/t37-,38+,39+,40+,41-,42+,43-,44+,45-/m0/s1. The number of fused-ring (bicyclic) bond motifs is 1. The normalized spacial score (nSPS) is 27.1. The molecule has 0 saturated carbocycles. The fraction of sp³-hybridized carbons (Fsp3) is 0.422. The lowest BCUT2D eigenvalue weighted by Gasteiger charge is -2.50. The van der Waals surface area contributed by atoms with Crippen molar-refractivity contribution in [2.24, 2.45) is 0 Å². The number of ether oxygens (including phenoxy) is 9. The number of rotatable bonds is 19. The molecule has 0 aliphatic carbocycles. The van der Waals surface area contributed by atoms with Crippen LogP contribution in [0.2, 0.25) is 25.7 Å². The van der Waals surface area contributed by atoms with Crippen molar-refractivity contribution in [3.8, 4) is 0 Å². The average Bonchev–Trinajstić information content (AvgIpc) is 3.25. The van der Waals surface area contributed by atoms with Crippen LogP contribution in [0.5, 0.6) is 0 Å². The van der Waals surface area contributed by atoms with Gasteiger partial charge in [-0.15, -0.1) is 0 Å². The minimum absolute atomic E-state index is 0.0165. The van der Waals surface area contributed by atoms with E-state index in [1.165, 1.54) is 12.1 Å². The first-order valence-electron chi connectivity index (χ1n) is 20.1. The summed E-state index contributed by atoms with van der Waals surface area (Å²) in [7, 11) is -5.48. The molecule has 0 unspecified atom stereocenters. The summed E-state index contributed by atoms with van der Waals surface area (Å²) >= 11 is 0. The van der Waals surface area contributed by atoms with Gasteiger partial charge in [0.2, 0.25) is 10.0 Å². The van der Waals surface area contributed by atoms with Gasteiger partial charge in [0.15, 0.2) is 18.7 Å². The smallest absolute Gasteiger partial charge is 0.241 e. The first kappa shape index (κ1) is 43.3. The van der Waals surface area contributed by atoms with Crippen LogP contribution in [-0.2, 0) is 65.9 Å². The second-order valence-electron chi connectivity index (χ2n) is 16.0. The highest BCUT2D eigenvalue weighted by Gasteiger charge is 2.54. The van der Waals surface area contributed by atoms with Gasteiger partial charge in [-0.05, 0) is 35.4 Å². The van der Waals surface area contributed by atoms with Crippen molar-refractivity contribution in [2.45, 2.75) is 99.0 Å². The van der Waals surface area contributed by atoms with Gasteiger partial charge < -0.3 is 42.6 Å². The van der Waals surface area contributed by atoms with E-state index in [0.717, 1.165) is 22.7 Å². The Morgan fingerprint density at radius 1 is 0.746 bits per heavy atom. The molecule has 0 aromatic heterocycles. The highest BCUT2D eigenvalue weighted by Crippen LogP contribution is 2.38. The molecular formula is C45H55NO11SSi. The molecule has 4 aromatic rings. The Kier molecular flexibility index (Phi) is 15.2. The summed E-state index contributed by atoms with van der Waals surface area (Å²) < 4.78 is 89.3. The number of benzene rings is 4. The van der Waals surface area contributed by atoms with Gasteiger partial charge in [-0.3, -0.25) is 0 Å². The molecule has 9 atom stereocenters. The SMILES string of the molecule is C[Si](C)(C)CCOCO[C@H]1C=CO[C@H](COCc2ccccc2)[C@H]1O[C@@H]1O[C@@H]2CO[C@@H](c3ccccc3)O[C@H]2[C@@H](OCc2ccccc2)[C@H]1NS(=O)(=O)c1ccccc1. The van der Waals surface area contributed by atoms with Crippen molar-refractivity contribution in [2.75, 3.05) is 26.6 Å². The molecule has 4 aromatic carbocycles. The lowest BCUT2D eigenvalue weighted by atomic mass is 9.95. The van der Waals surface area contributed by atoms with Crippen LogP contribution in [0.1, 0.15) is 23.0 Å². The third-order valence-corrected chi connectivity index (χ3v) is 13.5. The van der Waals surface area contributed by atoms with E-state index in [1.807, 2.05) is 91.0 Å². The van der Waals surface area contributed by atoms with Crippen molar-refractivity contribution in [3.63, 3.8) is 0 Å². The summed E-state index contributed by atoms with van der Waals surface area (Å²) in [6.07, 6.45) is -3.18. The van der Waals surface area contributed by atoms with Gasteiger partial charge in [0.1, 0.15) is 43.4 Å². The fourth-order valence-electron chi connectivity index (χ4n) is 7.06. The zero-order valence-electron chi connectivity index (χ0n) is 33.7. The van der Waals surface area contributed by atoms with Crippen LogP contribution in [0.25, 0.3) is 0 Å². The Hall–Kier alpha value is -3.77. The van der Waals surface area contributed by atoms with Crippen LogP contribution in [-0.4, -0.2) is 92.1 Å². The first-order chi connectivity index (χ1) is 28.6. The maximum atomic E-state index is 14.2. The van der Waals surface area contributed by atoms with Gasteiger partial charge in [-0.2, -0.15) is 0 Å². The van der Waals surface area contributed by atoms with E-state index >= 15 is 0 Å². The summed E-state index contributed by atoms with van der Waals surface area (Å²) in [5.41, 5.74) is 2.71. The van der Waals surface area contributed by atoms with Gasteiger partial charge in [0.25, 0.3) is 0 Å². The van der Waals surface area contributed by atoms with E-state index in [4.69, 9.17) is 42.6 Å². The number of nitrogens with one attached hydrogen (secondary N) is 1. The highest BCUT2D eigenvalue weighted by atomic mass is 32.2. The van der Waals surface area contributed by atoms with Gasteiger partial charge in [0.05, 0.1) is 37.6 Å². The van der Waals surface area contributed by atoms with Gasteiger partial charge in [-0.25, -0.2) is 13.1 Å². The topological polar surface area (TPSA) is 129 Å². The Bertz CT molecular complexity index is 1990. The monoisotopic (exact) mass is 845 g/mol. The molecule has 12 nitrogen and oxygen atoms in total. The van der Waals surface area contributed by atoms with Crippen LogP contribution in [0.4, 0.5) is 0 Å². The quantitative estimate of drug-likeness (QED) is 0.0597. The molecule has 2 saturated heterocycles. The van der Waals surface area contributed by atoms with Crippen molar-refractivity contribution >= 4 is 18.1 Å². The molecule has 59 heavy (non-hydrogen) atoms. The molecule has 14 heteroatoms. The predicted octanol–water partition coefficient (Wildman–Crippen LogP) is 6.97. The minimum atomic E-state index is -4.15. The second kappa shape index (κ2) is 20.7. The third-order valence-electron chi connectivity index (χ3n) is 10.3. The van der Waals surface area contributed by atoms with Crippen molar-refractivity contribution in [1.82, 2.24) is 4.72 Å². The van der Waals surface area contributed by atoms with Crippen LogP contribution in [0.3, 0.4) is 0 Å². The maximum absolute atomic E-state index is 14.2. The van der Waals surface area contributed by atoms with Crippen molar-refractivity contribution in [1.29, 1.82) is 0 Å². The second-order valence-corrected chi connectivity index (χ2v) is 23.3. The first-order valence-corrected chi connectivity index (χ1v) is 25.3. The molecule has 3 aliphatic rings. The largest absolute Gasteiger partial charge is 0.493 e. The van der Waals surface area contributed by atoms with E-state index in [-0.39, 0.29) is 31.5 Å². The van der Waals surface area contributed by atoms with Gasteiger partial charge in [0, 0.05) is 20.2 Å². The Labute approximate surface area is 348 Å². The Morgan fingerprint density at radius 3 is 2.07 bits per heavy atom. The zero-order valence-corrected chi connectivity index (χ0v) is 35.6. The lowest BCUT2D eigenvalue weighted by molar-refractivity contribution is -0.359. The maximum Gasteiger partial charge on any atom is 0.241 e. The molecule has 3 heterocycles. The summed E-state index contributed by atoms with van der Waals surface area (Å²) in [6.45, 7) is 8.24. The van der Waals surface area contributed by atoms with E-state index in [9.17, 15) is 8.42 Å². The molecule has 3 aliphatic heterocycles. The summed E-state index contributed by atoms with van der Waals surface area (Å²) in [6, 6.07) is 37.1. The van der Waals surface area contributed by atoms with Gasteiger partial charge in [-0.1, -0.05) is 129 Å². The van der Waals surface area contributed by atoms with Crippen LogP contribution in [0.15, 0.2) is 139 Å². The molecule has 7 rings (SSSR count). The number of hydrogen-bond donors (Lipinski definition) is 1. The van der Waals surface area contributed by atoms with E-state index < -0.39 is 73.3 Å². The summed E-state index contributed by atoms with van der Waals surface area (Å²) in [5, 5.41) is 0. The number of sulfonamides is 1. The van der Waals surface area contributed by atoms with E-state index in [2.05, 4.69) is 24.4 Å². The average molecular weight is 846 g/mol. The zero-order chi connectivity index (χ0) is 41.1. The molecular weight excluding hydrogens is 791 g/mol. The van der Waals surface area contributed by atoms with E-state index in [1.54, 1.807) is 30.5 Å². The lowest BCUT2D eigenvalue weighted by Crippen LogP contribution is -2.68. The molecule has 0 bridgehead atoms. The highest BCUT2D eigenvalue weighted by molar-refractivity contribution is 7.89. The molecule has 0 spiro atoms. The Morgan fingerprint density at radius 2 is 1.39 bits per heavy atom. The molecule has 0 amide bonds. The molecule has 0 radical (unpaired) electrons. The summed E-state index contributed by atoms with van der Waals surface area (Å²) in [5.74, 6) is 0. The predicted molar refractivity (Wildman–Crippen MR) is 223 cm³/mol. The summed E-state index contributed by atoms with van der Waals surface area (Å²) in [4.78, 5) is 0.0746. The molecule has 316 valence electrons. The molecule has 1 N–H and O–H groups in total.